The number of ether oxygens (including phenoxy) is 1. The van der Waals surface area contributed by atoms with Gasteiger partial charge in [0.15, 0.2) is 0 Å². The minimum atomic E-state index is -1.20. The number of benzene rings is 1. The van der Waals surface area contributed by atoms with Crippen LogP contribution in [0, 0.1) is 0 Å². The van der Waals surface area contributed by atoms with Crippen molar-refractivity contribution in [3.05, 3.63) is 24.3 Å². The van der Waals surface area contributed by atoms with Gasteiger partial charge in [-0.05, 0) is 26.0 Å². The van der Waals surface area contributed by atoms with Crippen LogP contribution in [0.25, 0.3) is 0 Å². The summed E-state index contributed by atoms with van der Waals surface area (Å²) in [6.07, 6.45) is -0.854. The van der Waals surface area contributed by atoms with E-state index in [0.717, 1.165) is 5.69 Å². The number of rotatable bonds is 1. The molecule has 1 aliphatic heterocycles. The van der Waals surface area contributed by atoms with Gasteiger partial charge in [-0.1, -0.05) is 12.1 Å². The lowest BCUT2D eigenvalue weighted by molar-refractivity contribution is -0.137. The van der Waals surface area contributed by atoms with Gasteiger partial charge in [0.2, 0.25) is 6.10 Å². The largest absolute Gasteiger partial charge is 0.475 e. The zero-order valence-corrected chi connectivity index (χ0v) is 9.60. The summed E-state index contributed by atoms with van der Waals surface area (Å²) in [5.41, 5.74) is -0.466. The molecule has 0 radical (unpaired) electrons. The van der Waals surface area contributed by atoms with Crippen LogP contribution in [0.5, 0.6) is 5.75 Å². The van der Waals surface area contributed by atoms with Gasteiger partial charge in [-0.15, -0.1) is 0 Å². The summed E-state index contributed by atoms with van der Waals surface area (Å²) in [7, 11) is 1.68. The summed E-state index contributed by atoms with van der Waals surface area (Å²) >= 11 is 0. The molecule has 0 spiro atoms. The molecule has 4 nitrogen and oxygen atoms in total. The third-order valence-corrected chi connectivity index (χ3v) is 2.67. The normalized spacial score (nSPS) is 20.4. The van der Waals surface area contributed by atoms with E-state index in [1.54, 1.807) is 27.0 Å². The highest BCUT2D eigenvalue weighted by Crippen LogP contribution is 2.35. The molecule has 1 unspecified atom stereocenters. The molecule has 1 aromatic rings. The van der Waals surface area contributed by atoms with Gasteiger partial charge in [-0.3, -0.25) is 4.79 Å². The number of amides is 1. The van der Waals surface area contributed by atoms with E-state index in [2.05, 4.69) is 0 Å². The highest BCUT2D eigenvalue weighted by atomic mass is 16.5. The standard InChI is InChI=1S/C12H15NO3/c1-12(2,15)10-11(14)13(3)8-6-4-5-7-9(8)16-10/h4-7,10,15H,1-3H3. The van der Waals surface area contributed by atoms with Crippen LogP contribution in [0.3, 0.4) is 0 Å². The molecular weight excluding hydrogens is 206 g/mol. The molecule has 0 saturated heterocycles. The van der Waals surface area contributed by atoms with Gasteiger partial charge in [0.25, 0.3) is 5.91 Å². The predicted molar refractivity (Wildman–Crippen MR) is 60.6 cm³/mol. The Bertz CT molecular complexity index is 423. The SMILES string of the molecule is CN1C(=O)C(C(C)(C)O)Oc2ccccc21. The maximum atomic E-state index is 12.0. The summed E-state index contributed by atoms with van der Waals surface area (Å²) < 4.78 is 5.54. The molecule has 1 heterocycles. The minimum absolute atomic E-state index is 0.230. The van der Waals surface area contributed by atoms with E-state index >= 15 is 0 Å². The Labute approximate surface area is 94.4 Å². The van der Waals surface area contributed by atoms with Gasteiger partial charge in [0.05, 0.1) is 5.69 Å². The molecule has 0 fully saturated rings. The van der Waals surface area contributed by atoms with E-state index < -0.39 is 11.7 Å². The molecule has 1 aromatic carbocycles. The first-order chi connectivity index (χ1) is 7.41. The number of anilines is 1. The number of aliphatic hydroxyl groups is 1. The Kier molecular flexibility index (Phi) is 2.39. The second-order valence-corrected chi connectivity index (χ2v) is 4.52. The first-order valence-corrected chi connectivity index (χ1v) is 5.17. The van der Waals surface area contributed by atoms with Crippen molar-refractivity contribution in [2.75, 3.05) is 11.9 Å². The van der Waals surface area contributed by atoms with Crippen LogP contribution in [0.1, 0.15) is 13.8 Å². The molecule has 4 heteroatoms. The average Bonchev–Trinajstić information content (AvgIpc) is 2.22. The number of hydrogen-bond acceptors (Lipinski definition) is 3. The highest BCUT2D eigenvalue weighted by molar-refractivity contribution is 6.00. The summed E-state index contributed by atoms with van der Waals surface area (Å²) in [5.74, 6) is 0.392. The zero-order chi connectivity index (χ0) is 11.9. The highest BCUT2D eigenvalue weighted by Gasteiger charge is 2.41. The quantitative estimate of drug-likeness (QED) is 0.774. The van der Waals surface area contributed by atoms with E-state index in [-0.39, 0.29) is 5.91 Å². The lowest BCUT2D eigenvalue weighted by atomic mass is 9.99. The second kappa shape index (κ2) is 3.49. The molecule has 0 aliphatic carbocycles. The second-order valence-electron chi connectivity index (χ2n) is 4.52. The molecule has 16 heavy (non-hydrogen) atoms. The van der Waals surface area contributed by atoms with E-state index in [9.17, 15) is 9.90 Å². The van der Waals surface area contributed by atoms with Crippen LogP contribution in [-0.4, -0.2) is 29.8 Å². The van der Waals surface area contributed by atoms with Crippen LogP contribution in [0.2, 0.25) is 0 Å². The fourth-order valence-corrected chi connectivity index (χ4v) is 1.75. The van der Waals surface area contributed by atoms with Gasteiger partial charge < -0.3 is 14.7 Å². The maximum absolute atomic E-state index is 12.0. The van der Waals surface area contributed by atoms with E-state index in [0.29, 0.717) is 5.75 Å². The third kappa shape index (κ3) is 1.65. The van der Waals surface area contributed by atoms with Crippen LogP contribution < -0.4 is 9.64 Å². The molecule has 1 aliphatic rings. The Hall–Kier alpha value is -1.55. The molecule has 2 rings (SSSR count). The summed E-state index contributed by atoms with van der Waals surface area (Å²) in [4.78, 5) is 13.5. The molecular formula is C12H15NO3. The topological polar surface area (TPSA) is 49.8 Å². The Morgan fingerprint density at radius 1 is 1.38 bits per heavy atom. The van der Waals surface area contributed by atoms with Crippen LogP contribution in [0.4, 0.5) is 5.69 Å². The number of fused-ring (bicyclic) bond motifs is 1. The van der Waals surface area contributed by atoms with Crippen molar-refractivity contribution in [2.24, 2.45) is 0 Å². The van der Waals surface area contributed by atoms with Crippen molar-refractivity contribution in [1.82, 2.24) is 0 Å². The van der Waals surface area contributed by atoms with Crippen LogP contribution >= 0.6 is 0 Å². The summed E-state index contributed by atoms with van der Waals surface area (Å²) in [6.45, 7) is 3.13. The van der Waals surface area contributed by atoms with Gasteiger partial charge in [-0.2, -0.15) is 0 Å². The van der Waals surface area contributed by atoms with E-state index in [4.69, 9.17) is 4.74 Å². The molecule has 1 amide bonds. The molecule has 1 atom stereocenters. The van der Waals surface area contributed by atoms with Crippen molar-refractivity contribution in [3.63, 3.8) is 0 Å². The number of hydrogen-bond donors (Lipinski definition) is 1. The summed E-state index contributed by atoms with van der Waals surface area (Å²) in [6, 6.07) is 7.28. The fraction of sp³-hybridized carbons (Fsp3) is 0.417. The van der Waals surface area contributed by atoms with Gasteiger partial charge in [0.1, 0.15) is 11.4 Å². The van der Waals surface area contributed by atoms with Crippen molar-refractivity contribution in [2.45, 2.75) is 25.6 Å². The number of carbonyl (C=O) groups excluding carboxylic acids is 1. The lowest BCUT2D eigenvalue weighted by Crippen LogP contribution is -2.54. The molecule has 1 N–H and O–H groups in total. The van der Waals surface area contributed by atoms with Gasteiger partial charge >= 0.3 is 0 Å². The van der Waals surface area contributed by atoms with Crippen molar-refractivity contribution in [3.8, 4) is 5.75 Å². The summed E-state index contributed by atoms with van der Waals surface area (Å²) in [5, 5.41) is 9.88. The van der Waals surface area contributed by atoms with Crippen LogP contribution in [-0.2, 0) is 4.79 Å². The van der Waals surface area contributed by atoms with Crippen molar-refractivity contribution < 1.29 is 14.6 Å². The predicted octanol–water partition coefficient (Wildman–Crippen LogP) is 1.18. The van der Waals surface area contributed by atoms with E-state index in [1.807, 2.05) is 18.2 Å². The lowest BCUT2D eigenvalue weighted by Gasteiger charge is -2.37. The zero-order valence-electron chi connectivity index (χ0n) is 9.60. The number of carbonyl (C=O) groups is 1. The fourth-order valence-electron chi connectivity index (χ4n) is 1.75. The Morgan fingerprint density at radius 3 is 2.62 bits per heavy atom. The Balaban J connectivity index is 2.44. The first kappa shape index (κ1) is 11.0. The van der Waals surface area contributed by atoms with Gasteiger partial charge in [-0.25, -0.2) is 0 Å². The first-order valence-electron chi connectivity index (χ1n) is 5.17. The smallest absolute Gasteiger partial charge is 0.270 e. The molecule has 0 bridgehead atoms. The molecule has 86 valence electrons. The Morgan fingerprint density at radius 2 is 2.00 bits per heavy atom. The van der Waals surface area contributed by atoms with Crippen molar-refractivity contribution >= 4 is 11.6 Å². The number of likely N-dealkylation sites (N-methyl/N-ethyl adjacent to an activating group) is 1. The van der Waals surface area contributed by atoms with Crippen LogP contribution in [0.15, 0.2) is 24.3 Å². The molecule has 0 aromatic heterocycles. The minimum Gasteiger partial charge on any atom is -0.475 e. The average molecular weight is 221 g/mol. The maximum Gasteiger partial charge on any atom is 0.270 e. The van der Waals surface area contributed by atoms with E-state index in [1.165, 1.54) is 4.90 Å². The number of para-hydroxylation sites is 2. The number of nitrogens with zero attached hydrogens (tertiary/aromatic N) is 1. The van der Waals surface area contributed by atoms with Crippen molar-refractivity contribution in [1.29, 1.82) is 0 Å². The third-order valence-electron chi connectivity index (χ3n) is 2.67. The molecule has 0 saturated carbocycles. The monoisotopic (exact) mass is 221 g/mol. The van der Waals surface area contributed by atoms with Gasteiger partial charge in [0, 0.05) is 7.05 Å².